The molecule has 0 bridgehead atoms. The lowest BCUT2D eigenvalue weighted by atomic mass is 10.0. The maximum atomic E-state index is 9.42. The van der Waals surface area contributed by atoms with Gasteiger partial charge in [-0.2, -0.15) is 0 Å². The molecule has 0 radical (unpaired) electrons. The Morgan fingerprint density at radius 3 is 2.83 bits per heavy atom. The molecule has 0 saturated heterocycles. The SMILES string of the molecule is CCc1cccc([C@H](O)CN)c1. The van der Waals surface area contributed by atoms with Gasteiger partial charge in [-0.15, -0.1) is 0 Å². The van der Waals surface area contributed by atoms with E-state index in [1.165, 1.54) is 5.56 Å². The molecular formula is C10H15NO. The molecule has 12 heavy (non-hydrogen) atoms. The second-order valence-corrected chi connectivity index (χ2v) is 2.85. The lowest BCUT2D eigenvalue weighted by Crippen LogP contribution is -2.11. The molecule has 0 unspecified atom stereocenters. The molecule has 66 valence electrons. The average molecular weight is 165 g/mol. The van der Waals surface area contributed by atoms with E-state index in [1.807, 2.05) is 24.3 Å². The van der Waals surface area contributed by atoms with Crippen LogP contribution in [-0.2, 0) is 6.42 Å². The van der Waals surface area contributed by atoms with E-state index in [9.17, 15) is 5.11 Å². The Balaban J connectivity index is 2.86. The van der Waals surface area contributed by atoms with Crippen LogP contribution in [0.25, 0.3) is 0 Å². The first-order valence-electron chi connectivity index (χ1n) is 4.25. The highest BCUT2D eigenvalue weighted by Crippen LogP contribution is 2.13. The standard InChI is InChI=1S/C10H15NO/c1-2-8-4-3-5-9(6-8)10(12)7-11/h3-6,10,12H,2,7,11H2,1H3/t10-/m1/s1. The maximum Gasteiger partial charge on any atom is 0.0912 e. The molecule has 1 aromatic rings. The highest BCUT2D eigenvalue weighted by Gasteiger charge is 2.03. The number of rotatable bonds is 3. The van der Waals surface area contributed by atoms with Crippen molar-refractivity contribution in [2.24, 2.45) is 5.73 Å². The minimum absolute atomic E-state index is 0.285. The van der Waals surface area contributed by atoms with Crippen LogP contribution in [0.2, 0.25) is 0 Å². The zero-order chi connectivity index (χ0) is 8.97. The van der Waals surface area contributed by atoms with Gasteiger partial charge in [0.25, 0.3) is 0 Å². The minimum atomic E-state index is -0.517. The van der Waals surface area contributed by atoms with Crippen LogP contribution >= 0.6 is 0 Å². The van der Waals surface area contributed by atoms with Gasteiger partial charge in [-0.1, -0.05) is 31.2 Å². The summed E-state index contributed by atoms with van der Waals surface area (Å²) in [5, 5.41) is 9.42. The molecule has 0 heterocycles. The molecule has 3 N–H and O–H groups in total. The lowest BCUT2D eigenvalue weighted by molar-refractivity contribution is 0.186. The van der Waals surface area contributed by atoms with E-state index in [0.717, 1.165) is 12.0 Å². The van der Waals surface area contributed by atoms with Crippen molar-refractivity contribution in [3.05, 3.63) is 35.4 Å². The summed E-state index contributed by atoms with van der Waals surface area (Å²) < 4.78 is 0. The molecule has 0 amide bonds. The van der Waals surface area contributed by atoms with E-state index in [2.05, 4.69) is 6.92 Å². The molecule has 0 fully saturated rings. The van der Waals surface area contributed by atoms with E-state index in [1.54, 1.807) is 0 Å². The van der Waals surface area contributed by atoms with Gasteiger partial charge in [0, 0.05) is 6.54 Å². The van der Waals surface area contributed by atoms with Crippen molar-refractivity contribution in [2.45, 2.75) is 19.4 Å². The molecule has 0 aliphatic carbocycles. The third kappa shape index (κ3) is 2.06. The maximum absolute atomic E-state index is 9.42. The van der Waals surface area contributed by atoms with Gasteiger partial charge in [0.05, 0.1) is 6.10 Å². The van der Waals surface area contributed by atoms with Gasteiger partial charge in [0.1, 0.15) is 0 Å². The molecule has 2 heteroatoms. The third-order valence-corrected chi connectivity index (χ3v) is 1.97. The predicted molar refractivity (Wildman–Crippen MR) is 49.8 cm³/mol. The van der Waals surface area contributed by atoms with Crippen LogP contribution in [0.1, 0.15) is 24.2 Å². The quantitative estimate of drug-likeness (QED) is 0.708. The molecule has 0 saturated carbocycles. The van der Waals surface area contributed by atoms with Gasteiger partial charge in [-0.3, -0.25) is 0 Å². The van der Waals surface area contributed by atoms with Gasteiger partial charge < -0.3 is 10.8 Å². The van der Waals surface area contributed by atoms with Crippen molar-refractivity contribution in [2.75, 3.05) is 6.54 Å². The first-order valence-corrected chi connectivity index (χ1v) is 4.25. The predicted octanol–water partition coefficient (Wildman–Crippen LogP) is 1.24. The first-order chi connectivity index (χ1) is 5.77. The third-order valence-electron chi connectivity index (χ3n) is 1.97. The van der Waals surface area contributed by atoms with Crippen LogP contribution in [0.4, 0.5) is 0 Å². The van der Waals surface area contributed by atoms with E-state index < -0.39 is 6.10 Å². The van der Waals surface area contributed by atoms with E-state index in [-0.39, 0.29) is 6.54 Å². The Morgan fingerprint density at radius 2 is 2.25 bits per heavy atom. The number of aliphatic hydroxyl groups excluding tert-OH is 1. The Hall–Kier alpha value is -0.860. The normalized spacial score (nSPS) is 12.9. The summed E-state index contributed by atoms with van der Waals surface area (Å²) in [6.45, 7) is 2.38. The van der Waals surface area contributed by atoms with Crippen molar-refractivity contribution in [3.8, 4) is 0 Å². The summed E-state index contributed by atoms with van der Waals surface area (Å²) in [4.78, 5) is 0. The Morgan fingerprint density at radius 1 is 1.50 bits per heavy atom. The number of benzene rings is 1. The van der Waals surface area contributed by atoms with Crippen LogP contribution in [0, 0.1) is 0 Å². The fourth-order valence-corrected chi connectivity index (χ4v) is 1.16. The monoisotopic (exact) mass is 165 g/mol. The Bertz CT molecular complexity index is 247. The molecule has 0 aliphatic rings. The van der Waals surface area contributed by atoms with Crippen molar-refractivity contribution >= 4 is 0 Å². The minimum Gasteiger partial charge on any atom is -0.387 e. The summed E-state index contributed by atoms with van der Waals surface area (Å²) in [5.41, 5.74) is 7.50. The van der Waals surface area contributed by atoms with Crippen molar-refractivity contribution in [1.82, 2.24) is 0 Å². The number of hydrogen-bond acceptors (Lipinski definition) is 2. The Kier molecular flexibility index (Phi) is 3.26. The highest BCUT2D eigenvalue weighted by atomic mass is 16.3. The second kappa shape index (κ2) is 4.24. The van der Waals surface area contributed by atoms with E-state index in [0.29, 0.717) is 0 Å². The topological polar surface area (TPSA) is 46.2 Å². The van der Waals surface area contributed by atoms with Gasteiger partial charge in [-0.05, 0) is 17.5 Å². The van der Waals surface area contributed by atoms with E-state index in [4.69, 9.17) is 5.73 Å². The smallest absolute Gasteiger partial charge is 0.0912 e. The molecule has 0 spiro atoms. The number of aliphatic hydroxyl groups is 1. The van der Waals surface area contributed by atoms with Crippen LogP contribution in [0.5, 0.6) is 0 Å². The largest absolute Gasteiger partial charge is 0.387 e. The van der Waals surface area contributed by atoms with Crippen molar-refractivity contribution in [3.63, 3.8) is 0 Å². The zero-order valence-electron chi connectivity index (χ0n) is 7.33. The second-order valence-electron chi connectivity index (χ2n) is 2.85. The number of aryl methyl sites for hydroxylation is 1. The zero-order valence-corrected chi connectivity index (χ0v) is 7.33. The van der Waals surface area contributed by atoms with Gasteiger partial charge in [0.15, 0.2) is 0 Å². The lowest BCUT2D eigenvalue weighted by Gasteiger charge is -2.08. The molecule has 0 aromatic heterocycles. The molecule has 1 atom stereocenters. The average Bonchev–Trinajstić information content (AvgIpc) is 2.17. The fraction of sp³-hybridized carbons (Fsp3) is 0.400. The van der Waals surface area contributed by atoms with Crippen LogP contribution in [-0.4, -0.2) is 11.7 Å². The summed E-state index contributed by atoms with van der Waals surface area (Å²) in [6, 6.07) is 7.90. The van der Waals surface area contributed by atoms with Crippen LogP contribution < -0.4 is 5.73 Å². The highest BCUT2D eigenvalue weighted by molar-refractivity contribution is 5.25. The van der Waals surface area contributed by atoms with Crippen molar-refractivity contribution < 1.29 is 5.11 Å². The fourth-order valence-electron chi connectivity index (χ4n) is 1.16. The summed E-state index contributed by atoms with van der Waals surface area (Å²) in [7, 11) is 0. The van der Waals surface area contributed by atoms with Gasteiger partial charge >= 0.3 is 0 Å². The van der Waals surface area contributed by atoms with E-state index >= 15 is 0 Å². The van der Waals surface area contributed by atoms with Gasteiger partial charge in [-0.25, -0.2) is 0 Å². The first kappa shape index (κ1) is 9.23. The summed E-state index contributed by atoms with van der Waals surface area (Å²) in [5.74, 6) is 0. The summed E-state index contributed by atoms with van der Waals surface area (Å²) in [6.07, 6.45) is 0.474. The molecule has 1 aromatic carbocycles. The number of nitrogens with two attached hydrogens (primary N) is 1. The molecule has 2 nitrogen and oxygen atoms in total. The summed E-state index contributed by atoms with van der Waals surface area (Å²) >= 11 is 0. The van der Waals surface area contributed by atoms with Crippen LogP contribution in [0.3, 0.4) is 0 Å². The molecule has 0 aliphatic heterocycles. The molecule has 1 rings (SSSR count). The van der Waals surface area contributed by atoms with Crippen molar-refractivity contribution in [1.29, 1.82) is 0 Å². The Labute approximate surface area is 73.0 Å². The molecular weight excluding hydrogens is 150 g/mol. The van der Waals surface area contributed by atoms with Gasteiger partial charge in [0.2, 0.25) is 0 Å². The van der Waals surface area contributed by atoms with Crippen LogP contribution in [0.15, 0.2) is 24.3 Å². The number of hydrogen-bond donors (Lipinski definition) is 2.